The molecule has 0 aromatic heterocycles. The fourth-order valence-electron chi connectivity index (χ4n) is 1.46. The maximum atomic E-state index is 13.0. The second-order valence-electron chi connectivity index (χ2n) is 3.80. The van der Waals surface area contributed by atoms with Gasteiger partial charge >= 0.3 is 5.97 Å². The molecule has 0 unspecified atom stereocenters. The zero-order chi connectivity index (χ0) is 13.5. The summed E-state index contributed by atoms with van der Waals surface area (Å²) in [6.07, 6.45) is 2.22. The molecular weight excluding hydrogens is 235 g/mol. The van der Waals surface area contributed by atoms with Gasteiger partial charge in [-0.2, -0.15) is 0 Å². The molecule has 0 aliphatic heterocycles. The number of halogens is 1. The Hall–Kier alpha value is -1.84. The van der Waals surface area contributed by atoms with Gasteiger partial charge in [-0.25, -0.2) is 9.18 Å². The highest BCUT2D eigenvalue weighted by atomic mass is 19.1. The van der Waals surface area contributed by atoms with Gasteiger partial charge in [-0.1, -0.05) is 13.0 Å². The molecule has 1 aromatic carbocycles. The van der Waals surface area contributed by atoms with Crippen LogP contribution in [0.2, 0.25) is 0 Å². The Morgan fingerprint density at radius 2 is 2.17 bits per heavy atom. The van der Waals surface area contributed by atoms with Crippen molar-refractivity contribution in [1.82, 2.24) is 0 Å². The zero-order valence-electron chi connectivity index (χ0n) is 10.8. The predicted octanol–water partition coefficient (Wildman–Crippen LogP) is 3.02. The van der Waals surface area contributed by atoms with Crippen LogP contribution in [0.15, 0.2) is 29.8 Å². The molecule has 0 heterocycles. The maximum absolute atomic E-state index is 13.0. The Labute approximate surface area is 106 Å². The molecule has 0 N–H and O–H groups in total. The van der Waals surface area contributed by atoms with Crippen LogP contribution in [0.3, 0.4) is 0 Å². The Kier molecular flexibility index (Phi) is 5.36. The van der Waals surface area contributed by atoms with E-state index in [-0.39, 0.29) is 18.4 Å². The Morgan fingerprint density at radius 3 is 2.78 bits per heavy atom. The number of rotatable bonds is 5. The average molecular weight is 252 g/mol. The van der Waals surface area contributed by atoms with Crippen molar-refractivity contribution in [3.8, 4) is 5.75 Å². The molecule has 3 nitrogen and oxygen atoms in total. The van der Waals surface area contributed by atoms with Crippen LogP contribution >= 0.6 is 0 Å². The Bertz CT molecular complexity index is 452. The number of hydrogen-bond acceptors (Lipinski definition) is 3. The molecule has 0 aliphatic carbocycles. The van der Waals surface area contributed by atoms with Gasteiger partial charge in [0.25, 0.3) is 0 Å². The van der Waals surface area contributed by atoms with Crippen LogP contribution in [0, 0.1) is 12.7 Å². The topological polar surface area (TPSA) is 35.5 Å². The highest BCUT2D eigenvalue weighted by molar-refractivity contribution is 5.88. The van der Waals surface area contributed by atoms with Crippen LogP contribution in [0.5, 0.6) is 5.75 Å². The van der Waals surface area contributed by atoms with Crippen molar-refractivity contribution in [3.05, 3.63) is 41.2 Å². The molecule has 1 rings (SSSR count). The summed E-state index contributed by atoms with van der Waals surface area (Å²) in [5.74, 6) is -0.230. The van der Waals surface area contributed by atoms with E-state index >= 15 is 0 Å². The quantitative estimate of drug-likeness (QED) is 0.597. The van der Waals surface area contributed by atoms with E-state index in [1.54, 1.807) is 12.1 Å². The third kappa shape index (κ3) is 3.87. The van der Waals surface area contributed by atoms with Crippen molar-refractivity contribution in [3.63, 3.8) is 0 Å². The third-order valence-electron chi connectivity index (χ3n) is 2.55. The smallest absolute Gasteiger partial charge is 0.333 e. The fraction of sp³-hybridized carbons (Fsp3) is 0.357. The minimum Gasteiger partial charge on any atom is -0.489 e. The summed E-state index contributed by atoms with van der Waals surface area (Å²) >= 11 is 0. The molecule has 0 saturated heterocycles. The van der Waals surface area contributed by atoms with E-state index in [2.05, 4.69) is 4.74 Å². The number of carbonyl (C=O) groups is 1. The van der Waals surface area contributed by atoms with Gasteiger partial charge in [0, 0.05) is 11.6 Å². The molecule has 0 radical (unpaired) electrons. The van der Waals surface area contributed by atoms with Crippen LogP contribution in [0.1, 0.15) is 18.9 Å². The first-order chi connectivity index (χ1) is 8.58. The number of hydrogen-bond donors (Lipinski definition) is 0. The molecule has 1 aromatic rings. The van der Waals surface area contributed by atoms with Crippen molar-refractivity contribution in [2.45, 2.75) is 20.3 Å². The minimum absolute atomic E-state index is 0.211. The molecule has 0 fully saturated rings. The van der Waals surface area contributed by atoms with Gasteiger partial charge in [0.2, 0.25) is 0 Å². The van der Waals surface area contributed by atoms with Gasteiger partial charge in [0.05, 0.1) is 7.11 Å². The largest absolute Gasteiger partial charge is 0.489 e. The third-order valence-corrected chi connectivity index (χ3v) is 2.55. The van der Waals surface area contributed by atoms with Gasteiger partial charge in [-0.15, -0.1) is 0 Å². The van der Waals surface area contributed by atoms with E-state index in [1.165, 1.54) is 19.2 Å². The molecule has 0 spiro atoms. The van der Waals surface area contributed by atoms with E-state index < -0.39 is 0 Å². The van der Waals surface area contributed by atoms with Crippen molar-refractivity contribution >= 4 is 5.97 Å². The second-order valence-corrected chi connectivity index (χ2v) is 3.80. The second kappa shape index (κ2) is 6.79. The lowest BCUT2D eigenvalue weighted by atomic mass is 10.2. The number of esters is 1. The number of methoxy groups -OCH3 is 1. The summed E-state index contributed by atoms with van der Waals surface area (Å²) in [7, 11) is 1.34. The summed E-state index contributed by atoms with van der Waals surface area (Å²) in [6.45, 7) is 3.90. The molecule has 0 aliphatic rings. The van der Waals surface area contributed by atoms with E-state index in [0.717, 1.165) is 5.56 Å². The van der Waals surface area contributed by atoms with Gasteiger partial charge in [-0.3, -0.25) is 0 Å². The first-order valence-corrected chi connectivity index (χ1v) is 5.74. The van der Waals surface area contributed by atoms with Gasteiger partial charge in [0.1, 0.15) is 18.2 Å². The van der Waals surface area contributed by atoms with E-state index in [9.17, 15) is 9.18 Å². The van der Waals surface area contributed by atoms with Gasteiger partial charge in [-0.05, 0) is 31.1 Å². The van der Waals surface area contributed by atoms with Crippen LogP contribution < -0.4 is 4.74 Å². The Balaban J connectivity index is 2.67. The normalized spacial score (nSPS) is 11.2. The molecule has 0 atom stereocenters. The van der Waals surface area contributed by atoms with Crippen molar-refractivity contribution in [1.29, 1.82) is 0 Å². The van der Waals surface area contributed by atoms with Gasteiger partial charge in [0.15, 0.2) is 0 Å². The van der Waals surface area contributed by atoms with E-state index in [4.69, 9.17) is 4.74 Å². The number of carbonyl (C=O) groups excluding carboxylic acids is 1. The number of aryl methyl sites for hydroxylation is 1. The summed E-state index contributed by atoms with van der Waals surface area (Å²) in [5.41, 5.74) is 1.40. The van der Waals surface area contributed by atoms with Crippen LogP contribution in [0.25, 0.3) is 0 Å². The molecule has 4 heteroatoms. The molecular formula is C14H17FO3. The van der Waals surface area contributed by atoms with Crippen molar-refractivity contribution < 1.29 is 18.7 Å². The minimum atomic E-state index is -0.364. The first-order valence-electron chi connectivity index (χ1n) is 5.74. The number of ether oxygens (including phenoxy) is 2. The fourth-order valence-corrected chi connectivity index (χ4v) is 1.46. The number of benzene rings is 1. The maximum Gasteiger partial charge on any atom is 0.333 e. The Morgan fingerprint density at radius 1 is 1.44 bits per heavy atom. The molecule has 0 amide bonds. The summed E-state index contributed by atoms with van der Waals surface area (Å²) in [6, 6.07) is 4.35. The van der Waals surface area contributed by atoms with E-state index in [0.29, 0.717) is 17.7 Å². The van der Waals surface area contributed by atoms with Crippen LogP contribution in [0.4, 0.5) is 4.39 Å². The summed E-state index contributed by atoms with van der Waals surface area (Å²) in [5, 5.41) is 0. The average Bonchev–Trinajstić information content (AvgIpc) is 2.37. The summed E-state index contributed by atoms with van der Waals surface area (Å²) in [4.78, 5) is 11.3. The van der Waals surface area contributed by atoms with Crippen LogP contribution in [-0.4, -0.2) is 19.7 Å². The lowest BCUT2D eigenvalue weighted by molar-refractivity contribution is -0.136. The van der Waals surface area contributed by atoms with Crippen molar-refractivity contribution in [2.24, 2.45) is 0 Å². The van der Waals surface area contributed by atoms with E-state index in [1.807, 2.05) is 13.8 Å². The zero-order valence-corrected chi connectivity index (χ0v) is 10.8. The molecule has 98 valence electrons. The highest BCUT2D eigenvalue weighted by Crippen LogP contribution is 2.18. The lowest BCUT2D eigenvalue weighted by Gasteiger charge is -2.08. The molecule has 18 heavy (non-hydrogen) atoms. The summed E-state index contributed by atoms with van der Waals surface area (Å²) < 4.78 is 23.1. The van der Waals surface area contributed by atoms with Gasteiger partial charge < -0.3 is 9.47 Å². The van der Waals surface area contributed by atoms with Crippen molar-refractivity contribution in [2.75, 3.05) is 13.7 Å². The monoisotopic (exact) mass is 252 g/mol. The molecule has 0 saturated carbocycles. The SMILES string of the molecule is CC/C(=C/COc1cc(F)ccc1C)C(=O)OC. The first kappa shape index (κ1) is 14.2. The van der Waals surface area contributed by atoms with Crippen LogP contribution in [-0.2, 0) is 9.53 Å². The lowest BCUT2D eigenvalue weighted by Crippen LogP contribution is -2.06. The highest BCUT2D eigenvalue weighted by Gasteiger charge is 2.06. The standard InChI is InChI=1S/C14H17FO3/c1-4-11(14(16)17-3)7-8-18-13-9-12(15)6-5-10(13)2/h5-7,9H,4,8H2,1-3H3/b11-7-. The molecule has 0 bridgehead atoms. The predicted molar refractivity (Wildman–Crippen MR) is 67.0 cm³/mol.